The zero-order chi connectivity index (χ0) is 15.5. The standard InChI is InChI=1S/C19H19BrO/c1-19(2,3)16-9-4-14(5-10-16)6-13-18(21)15-7-11-17(20)12-8-15/h4-13H,1-3H3. The van der Waals surface area contributed by atoms with Crippen molar-refractivity contribution in [2.24, 2.45) is 0 Å². The second kappa shape index (κ2) is 6.40. The summed E-state index contributed by atoms with van der Waals surface area (Å²) < 4.78 is 0.973. The molecule has 0 saturated heterocycles. The molecule has 0 heterocycles. The minimum absolute atomic E-state index is 0.0161. The van der Waals surface area contributed by atoms with E-state index in [2.05, 4.69) is 48.8 Å². The Hall–Kier alpha value is -1.67. The summed E-state index contributed by atoms with van der Waals surface area (Å²) in [5.74, 6) is 0.0161. The molecule has 0 aromatic heterocycles. The maximum atomic E-state index is 12.1. The average Bonchev–Trinajstić information content (AvgIpc) is 2.45. The Morgan fingerprint density at radius 2 is 1.52 bits per heavy atom. The van der Waals surface area contributed by atoms with Crippen molar-refractivity contribution in [3.63, 3.8) is 0 Å². The van der Waals surface area contributed by atoms with Crippen LogP contribution in [0.4, 0.5) is 0 Å². The van der Waals surface area contributed by atoms with Crippen LogP contribution in [0.2, 0.25) is 0 Å². The van der Waals surface area contributed by atoms with Crippen molar-refractivity contribution in [3.05, 3.63) is 75.8 Å². The van der Waals surface area contributed by atoms with E-state index in [0.717, 1.165) is 10.0 Å². The fourth-order valence-corrected chi connectivity index (χ4v) is 2.24. The fourth-order valence-electron chi connectivity index (χ4n) is 1.98. The Kier molecular flexibility index (Phi) is 4.79. The number of allylic oxidation sites excluding steroid dienone is 1. The normalized spacial score (nSPS) is 11.8. The predicted molar refractivity (Wildman–Crippen MR) is 92.6 cm³/mol. The highest BCUT2D eigenvalue weighted by Crippen LogP contribution is 2.22. The molecule has 0 amide bonds. The van der Waals surface area contributed by atoms with Crippen LogP contribution in [0, 0.1) is 0 Å². The van der Waals surface area contributed by atoms with Crippen molar-refractivity contribution in [1.29, 1.82) is 0 Å². The summed E-state index contributed by atoms with van der Waals surface area (Å²) in [6, 6.07) is 15.7. The van der Waals surface area contributed by atoms with Crippen molar-refractivity contribution >= 4 is 27.8 Å². The summed E-state index contributed by atoms with van der Waals surface area (Å²) in [5, 5.41) is 0. The number of halogens is 1. The van der Waals surface area contributed by atoms with Crippen molar-refractivity contribution in [2.75, 3.05) is 0 Å². The zero-order valence-electron chi connectivity index (χ0n) is 12.6. The lowest BCUT2D eigenvalue weighted by Gasteiger charge is -2.18. The van der Waals surface area contributed by atoms with Gasteiger partial charge in [-0.05, 0) is 46.9 Å². The van der Waals surface area contributed by atoms with Crippen LogP contribution >= 0.6 is 15.9 Å². The summed E-state index contributed by atoms with van der Waals surface area (Å²) in [6.07, 6.45) is 3.48. The molecule has 2 rings (SSSR count). The average molecular weight is 343 g/mol. The molecule has 0 N–H and O–H groups in total. The number of rotatable bonds is 3. The van der Waals surface area contributed by atoms with E-state index >= 15 is 0 Å². The first-order valence-corrected chi connectivity index (χ1v) is 7.74. The van der Waals surface area contributed by atoms with Gasteiger partial charge in [0.2, 0.25) is 0 Å². The molecule has 0 spiro atoms. The molecule has 0 fully saturated rings. The van der Waals surface area contributed by atoms with Crippen LogP contribution in [0.15, 0.2) is 59.1 Å². The van der Waals surface area contributed by atoms with Gasteiger partial charge in [-0.2, -0.15) is 0 Å². The first-order chi connectivity index (χ1) is 9.86. The molecule has 2 heteroatoms. The Bertz CT molecular complexity index is 643. The highest BCUT2D eigenvalue weighted by molar-refractivity contribution is 9.10. The van der Waals surface area contributed by atoms with Gasteiger partial charge in [0.1, 0.15) is 0 Å². The van der Waals surface area contributed by atoms with E-state index in [9.17, 15) is 4.79 Å². The number of carbonyl (C=O) groups is 1. The monoisotopic (exact) mass is 342 g/mol. The van der Waals surface area contributed by atoms with Gasteiger partial charge >= 0.3 is 0 Å². The number of carbonyl (C=O) groups excluding carboxylic acids is 1. The lowest BCUT2D eigenvalue weighted by atomic mass is 9.87. The highest BCUT2D eigenvalue weighted by Gasteiger charge is 2.12. The molecule has 0 aliphatic rings. The molecule has 1 nitrogen and oxygen atoms in total. The second-order valence-electron chi connectivity index (χ2n) is 6.08. The van der Waals surface area contributed by atoms with Gasteiger partial charge in [0, 0.05) is 10.0 Å². The molecule has 0 saturated carbocycles. The minimum atomic E-state index is 0.0161. The lowest BCUT2D eigenvalue weighted by molar-refractivity contribution is 0.104. The Labute approximate surface area is 134 Å². The molecule has 0 bridgehead atoms. The maximum Gasteiger partial charge on any atom is 0.185 e. The SMILES string of the molecule is CC(C)(C)c1ccc(C=CC(=O)c2ccc(Br)cc2)cc1. The van der Waals surface area contributed by atoms with Gasteiger partial charge in [-0.3, -0.25) is 4.79 Å². The van der Waals surface area contributed by atoms with Gasteiger partial charge in [0.15, 0.2) is 5.78 Å². The van der Waals surface area contributed by atoms with Gasteiger partial charge in [-0.25, -0.2) is 0 Å². The first-order valence-electron chi connectivity index (χ1n) is 6.95. The minimum Gasteiger partial charge on any atom is -0.289 e. The van der Waals surface area contributed by atoms with Crippen LogP contribution < -0.4 is 0 Å². The van der Waals surface area contributed by atoms with Crippen molar-refractivity contribution in [1.82, 2.24) is 0 Å². The van der Waals surface area contributed by atoms with Crippen molar-refractivity contribution < 1.29 is 4.79 Å². The van der Waals surface area contributed by atoms with E-state index in [4.69, 9.17) is 0 Å². The number of ketones is 1. The van der Waals surface area contributed by atoms with E-state index in [1.54, 1.807) is 6.08 Å². The molecule has 2 aromatic carbocycles. The summed E-state index contributed by atoms with van der Waals surface area (Å²) in [4.78, 5) is 12.1. The smallest absolute Gasteiger partial charge is 0.185 e. The van der Waals surface area contributed by atoms with Gasteiger partial charge in [-0.1, -0.05) is 67.0 Å². The summed E-state index contributed by atoms with van der Waals surface area (Å²) in [5.41, 5.74) is 3.17. The number of hydrogen-bond acceptors (Lipinski definition) is 1. The van der Waals surface area contributed by atoms with Gasteiger partial charge < -0.3 is 0 Å². The molecule has 0 aliphatic carbocycles. The third-order valence-corrected chi connectivity index (χ3v) is 3.86. The van der Waals surface area contributed by atoms with Gasteiger partial charge in [-0.15, -0.1) is 0 Å². The first kappa shape index (κ1) is 15.7. The number of hydrogen-bond donors (Lipinski definition) is 0. The highest BCUT2D eigenvalue weighted by atomic mass is 79.9. The van der Waals surface area contributed by atoms with Gasteiger partial charge in [0.25, 0.3) is 0 Å². The second-order valence-corrected chi connectivity index (χ2v) is 6.99. The van der Waals surface area contributed by atoms with Crippen LogP contribution in [0.1, 0.15) is 42.3 Å². The molecular weight excluding hydrogens is 324 g/mol. The molecule has 0 atom stereocenters. The third kappa shape index (κ3) is 4.40. The van der Waals surface area contributed by atoms with Crippen LogP contribution in [-0.4, -0.2) is 5.78 Å². The van der Waals surface area contributed by atoms with Crippen LogP contribution in [0.25, 0.3) is 6.08 Å². The summed E-state index contributed by atoms with van der Waals surface area (Å²) in [7, 11) is 0. The predicted octanol–water partition coefficient (Wildman–Crippen LogP) is 5.64. The Morgan fingerprint density at radius 3 is 2.05 bits per heavy atom. The zero-order valence-corrected chi connectivity index (χ0v) is 14.1. The maximum absolute atomic E-state index is 12.1. The van der Waals surface area contributed by atoms with Crippen molar-refractivity contribution in [2.45, 2.75) is 26.2 Å². The van der Waals surface area contributed by atoms with Crippen LogP contribution in [0.3, 0.4) is 0 Å². The van der Waals surface area contributed by atoms with E-state index in [0.29, 0.717) is 5.56 Å². The van der Waals surface area contributed by atoms with Crippen molar-refractivity contribution in [3.8, 4) is 0 Å². The molecule has 0 radical (unpaired) electrons. The Morgan fingerprint density at radius 1 is 0.952 bits per heavy atom. The molecular formula is C19H19BrO. The number of benzene rings is 2. The van der Waals surface area contributed by atoms with Crippen LogP contribution in [-0.2, 0) is 5.41 Å². The van der Waals surface area contributed by atoms with Gasteiger partial charge in [0.05, 0.1) is 0 Å². The largest absolute Gasteiger partial charge is 0.289 e. The van der Waals surface area contributed by atoms with Crippen LogP contribution in [0.5, 0.6) is 0 Å². The van der Waals surface area contributed by atoms with E-state index in [-0.39, 0.29) is 11.2 Å². The topological polar surface area (TPSA) is 17.1 Å². The summed E-state index contributed by atoms with van der Waals surface area (Å²) >= 11 is 3.36. The lowest BCUT2D eigenvalue weighted by Crippen LogP contribution is -2.10. The van der Waals surface area contributed by atoms with E-state index < -0.39 is 0 Å². The van der Waals surface area contributed by atoms with E-state index in [1.165, 1.54) is 5.56 Å². The van der Waals surface area contributed by atoms with E-state index in [1.807, 2.05) is 42.5 Å². The quantitative estimate of drug-likeness (QED) is 0.520. The molecule has 108 valence electrons. The fraction of sp³-hybridized carbons (Fsp3) is 0.211. The molecule has 0 unspecified atom stereocenters. The summed E-state index contributed by atoms with van der Waals surface area (Å²) in [6.45, 7) is 6.57. The Balaban J connectivity index is 2.10. The molecule has 0 aliphatic heterocycles. The molecule has 2 aromatic rings. The molecule has 21 heavy (non-hydrogen) atoms. The third-order valence-electron chi connectivity index (χ3n) is 3.33.